The maximum Gasteiger partial charge on any atom is 0.314 e. The fourth-order valence-electron chi connectivity index (χ4n) is 2.31. The van der Waals surface area contributed by atoms with Crippen LogP contribution >= 0.6 is 0 Å². The summed E-state index contributed by atoms with van der Waals surface area (Å²) in [5.41, 5.74) is 5.97. The largest absolute Gasteiger partial charge is 0.497 e. The summed E-state index contributed by atoms with van der Waals surface area (Å²) in [5.74, 6) is 0.444. The Morgan fingerprint density at radius 1 is 1.35 bits per heavy atom. The van der Waals surface area contributed by atoms with Gasteiger partial charge in [-0.05, 0) is 37.1 Å². The number of amides is 3. The van der Waals surface area contributed by atoms with E-state index >= 15 is 0 Å². The lowest BCUT2D eigenvalue weighted by molar-refractivity contribution is -0.121. The standard InChI is InChI=1S/C14H19N3O3/c1-20-12-6-4-11(5-7-12)16-13(18)10-3-2-8-17(9-10)14(15)19/h4-7,10H,2-3,8-9H2,1H3,(H2,15,19)(H,16,18)/t10-/m1/s1. The van der Waals surface area contributed by atoms with Crippen LogP contribution in [0.4, 0.5) is 10.5 Å². The van der Waals surface area contributed by atoms with Crippen molar-refractivity contribution in [1.82, 2.24) is 4.90 Å². The molecule has 0 unspecified atom stereocenters. The van der Waals surface area contributed by atoms with Gasteiger partial charge in [0.05, 0.1) is 13.0 Å². The number of benzene rings is 1. The molecule has 1 aliphatic heterocycles. The van der Waals surface area contributed by atoms with Crippen LogP contribution in [-0.2, 0) is 4.79 Å². The predicted octanol–water partition coefficient (Wildman–Crippen LogP) is 1.42. The maximum atomic E-state index is 12.2. The normalized spacial score (nSPS) is 18.4. The average molecular weight is 277 g/mol. The number of carbonyl (C=O) groups excluding carboxylic acids is 2. The summed E-state index contributed by atoms with van der Waals surface area (Å²) in [4.78, 5) is 24.8. The highest BCUT2D eigenvalue weighted by atomic mass is 16.5. The van der Waals surface area contributed by atoms with Crippen LogP contribution in [0.2, 0.25) is 0 Å². The van der Waals surface area contributed by atoms with Crippen LogP contribution in [0.25, 0.3) is 0 Å². The van der Waals surface area contributed by atoms with Gasteiger partial charge >= 0.3 is 6.03 Å². The quantitative estimate of drug-likeness (QED) is 0.876. The van der Waals surface area contributed by atoms with Crippen LogP contribution in [0.5, 0.6) is 5.75 Å². The highest BCUT2D eigenvalue weighted by molar-refractivity contribution is 5.93. The molecule has 0 radical (unpaired) electrons. The first-order chi connectivity index (χ1) is 9.60. The lowest BCUT2D eigenvalue weighted by Gasteiger charge is -2.30. The van der Waals surface area contributed by atoms with E-state index in [1.54, 1.807) is 31.4 Å². The van der Waals surface area contributed by atoms with Gasteiger partial charge in [0.15, 0.2) is 0 Å². The van der Waals surface area contributed by atoms with Gasteiger partial charge in [0.2, 0.25) is 5.91 Å². The topological polar surface area (TPSA) is 84.7 Å². The SMILES string of the molecule is COc1ccc(NC(=O)[C@@H]2CCCN(C(N)=O)C2)cc1. The van der Waals surface area contributed by atoms with Crippen LogP contribution in [0.1, 0.15) is 12.8 Å². The molecule has 1 atom stereocenters. The molecule has 6 heteroatoms. The highest BCUT2D eigenvalue weighted by Gasteiger charge is 2.27. The molecule has 1 fully saturated rings. The average Bonchev–Trinajstić information content (AvgIpc) is 2.48. The van der Waals surface area contributed by atoms with Gasteiger partial charge in [-0.2, -0.15) is 0 Å². The van der Waals surface area contributed by atoms with Gasteiger partial charge in [0.25, 0.3) is 0 Å². The molecule has 20 heavy (non-hydrogen) atoms. The summed E-state index contributed by atoms with van der Waals surface area (Å²) in [6, 6.07) is 6.67. The van der Waals surface area contributed by atoms with Crippen LogP contribution in [0, 0.1) is 5.92 Å². The van der Waals surface area contributed by atoms with Crippen LogP contribution in [0.15, 0.2) is 24.3 Å². The molecule has 3 N–H and O–H groups in total. The van der Waals surface area contributed by atoms with Crippen molar-refractivity contribution in [3.8, 4) is 5.75 Å². The number of ether oxygens (including phenoxy) is 1. The number of likely N-dealkylation sites (tertiary alicyclic amines) is 1. The second-order valence-electron chi connectivity index (χ2n) is 4.84. The zero-order valence-electron chi connectivity index (χ0n) is 11.5. The third-order valence-electron chi connectivity index (χ3n) is 3.46. The first kappa shape index (κ1) is 14.2. The molecule has 0 aliphatic carbocycles. The molecule has 3 amide bonds. The van der Waals surface area contributed by atoms with E-state index in [9.17, 15) is 9.59 Å². The Bertz CT molecular complexity index is 487. The lowest BCUT2D eigenvalue weighted by atomic mass is 9.97. The molecule has 2 rings (SSSR count). The minimum absolute atomic E-state index is 0.0823. The van der Waals surface area contributed by atoms with E-state index in [0.717, 1.165) is 18.6 Å². The Morgan fingerprint density at radius 2 is 2.05 bits per heavy atom. The summed E-state index contributed by atoms with van der Waals surface area (Å²) < 4.78 is 5.06. The van der Waals surface area contributed by atoms with Gasteiger partial charge < -0.3 is 20.7 Å². The van der Waals surface area contributed by atoms with Crippen molar-refractivity contribution >= 4 is 17.6 Å². The minimum atomic E-state index is -0.466. The van der Waals surface area contributed by atoms with Gasteiger partial charge in [0, 0.05) is 18.8 Å². The number of carbonyl (C=O) groups is 2. The number of nitrogens with zero attached hydrogens (tertiary/aromatic N) is 1. The number of primary amides is 1. The zero-order chi connectivity index (χ0) is 14.5. The van der Waals surface area contributed by atoms with Crippen molar-refractivity contribution in [3.05, 3.63) is 24.3 Å². The number of nitrogens with one attached hydrogen (secondary N) is 1. The Morgan fingerprint density at radius 3 is 2.65 bits per heavy atom. The van der Waals surface area contributed by atoms with E-state index in [-0.39, 0.29) is 11.8 Å². The zero-order valence-corrected chi connectivity index (χ0v) is 11.5. The molecule has 0 bridgehead atoms. The van der Waals surface area contributed by atoms with Crippen molar-refractivity contribution in [2.75, 3.05) is 25.5 Å². The molecule has 0 saturated carbocycles. The third kappa shape index (κ3) is 3.40. The van der Waals surface area contributed by atoms with E-state index < -0.39 is 6.03 Å². The summed E-state index contributed by atoms with van der Waals surface area (Å²) in [6.45, 7) is 1.01. The number of hydrogen-bond donors (Lipinski definition) is 2. The molecule has 1 heterocycles. The van der Waals surface area contributed by atoms with E-state index in [1.165, 1.54) is 4.90 Å². The van der Waals surface area contributed by atoms with Gasteiger partial charge in [0.1, 0.15) is 5.75 Å². The summed E-state index contributed by atoms with van der Waals surface area (Å²) in [6.07, 6.45) is 1.56. The van der Waals surface area contributed by atoms with Gasteiger partial charge in [-0.15, -0.1) is 0 Å². The van der Waals surface area contributed by atoms with E-state index in [2.05, 4.69) is 5.32 Å². The van der Waals surface area contributed by atoms with Gasteiger partial charge in [-0.1, -0.05) is 0 Å². The third-order valence-corrected chi connectivity index (χ3v) is 3.46. The fourth-order valence-corrected chi connectivity index (χ4v) is 2.31. The molecule has 1 aromatic carbocycles. The fraction of sp³-hybridized carbons (Fsp3) is 0.429. The molecular formula is C14H19N3O3. The lowest BCUT2D eigenvalue weighted by Crippen LogP contribution is -2.46. The molecule has 1 aliphatic rings. The number of piperidine rings is 1. The number of methoxy groups -OCH3 is 1. The van der Waals surface area contributed by atoms with Crippen molar-refractivity contribution in [2.24, 2.45) is 11.7 Å². The second-order valence-corrected chi connectivity index (χ2v) is 4.84. The first-order valence-corrected chi connectivity index (χ1v) is 6.59. The van der Waals surface area contributed by atoms with E-state index in [1.807, 2.05) is 0 Å². The molecule has 1 saturated heterocycles. The summed E-state index contributed by atoms with van der Waals surface area (Å²) >= 11 is 0. The first-order valence-electron chi connectivity index (χ1n) is 6.59. The maximum absolute atomic E-state index is 12.2. The number of rotatable bonds is 3. The van der Waals surface area contributed by atoms with Crippen molar-refractivity contribution < 1.29 is 14.3 Å². The molecule has 0 aromatic heterocycles. The highest BCUT2D eigenvalue weighted by Crippen LogP contribution is 2.20. The van der Waals surface area contributed by atoms with Gasteiger partial charge in [-0.25, -0.2) is 4.79 Å². The Hall–Kier alpha value is -2.24. The number of anilines is 1. The molecule has 1 aromatic rings. The summed E-state index contributed by atoms with van der Waals surface area (Å²) in [7, 11) is 1.59. The van der Waals surface area contributed by atoms with Crippen molar-refractivity contribution in [3.63, 3.8) is 0 Å². The van der Waals surface area contributed by atoms with Crippen molar-refractivity contribution in [2.45, 2.75) is 12.8 Å². The van der Waals surface area contributed by atoms with Crippen LogP contribution < -0.4 is 15.8 Å². The predicted molar refractivity (Wildman–Crippen MR) is 75.5 cm³/mol. The number of hydrogen-bond acceptors (Lipinski definition) is 3. The monoisotopic (exact) mass is 277 g/mol. The molecule has 0 spiro atoms. The van der Waals surface area contributed by atoms with Gasteiger partial charge in [-0.3, -0.25) is 4.79 Å². The summed E-state index contributed by atoms with van der Waals surface area (Å²) in [5, 5.41) is 2.85. The van der Waals surface area contributed by atoms with Crippen molar-refractivity contribution in [1.29, 1.82) is 0 Å². The smallest absolute Gasteiger partial charge is 0.314 e. The molecular weight excluding hydrogens is 258 g/mol. The number of nitrogens with two attached hydrogens (primary N) is 1. The Labute approximate surface area is 117 Å². The molecule has 6 nitrogen and oxygen atoms in total. The minimum Gasteiger partial charge on any atom is -0.497 e. The second kappa shape index (κ2) is 6.27. The number of urea groups is 1. The Kier molecular flexibility index (Phi) is 4.45. The Balaban J connectivity index is 1.95. The molecule has 108 valence electrons. The van der Waals surface area contributed by atoms with Crippen LogP contribution in [0.3, 0.4) is 0 Å². The van der Waals surface area contributed by atoms with E-state index in [0.29, 0.717) is 18.8 Å². The van der Waals surface area contributed by atoms with Crippen LogP contribution in [-0.4, -0.2) is 37.0 Å². The van der Waals surface area contributed by atoms with E-state index in [4.69, 9.17) is 10.5 Å².